The maximum atomic E-state index is 11.4. The summed E-state index contributed by atoms with van der Waals surface area (Å²) < 4.78 is 1.67. The molecule has 1 heterocycles. The molecule has 0 aliphatic heterocycles. The summed E-state index contributed by atoms with van der Waals surface area (Å²) in [6.45, 7) is 2.28. The van der Waals surface area contributed by atoms with Crippen molar-refractivity contribution in [2.75, 3.05) is 13.1 Å². The van der Waals surface area contributed by atoms with Crippen molar-refractivity contribution in [1.29, 1.82) is 0 Å². The topological polar surface area (TPSA) is 115 Å². The van der Waals surface area contributed by atoms with Gasteiger partial charge in [-0.25, -0.2) is 0 Å². The number of hydrogen-bond acceptors (Lipinski definition) is 5. The summed E-state index contributed by atoms with van der Waals surface area (Å²) in [6, 6.07) is -0.390. The number of hydrogen-bond donors (Lipinski definition) is 3. The van der Waals surface area contributed by atoms with Crippen LogP contribution in [0.2, 0.25) is 0 Å². The number of amides is 2. The molecule has 0 saturated heterocycles. The number of aromatic nitrogens is 3. The lowest BCUT2D eigenvalue weighted by Crippen LogP contribution is -2.42. The van der Waals surface area contributed by atoms with Gasteiger partial charge in [0.05, 0.1) is 6.04 Å². The van der Waals surface area contributed by atoms with Gasteiger partial charge in [-0.2, -0.15) is 0 Å². The molecule has 1 aromatic rings. The van der Waals surface area contributed by atoms with E-state index in [-0.39, 0.29) is 13.1 Å². The van der Waals surface area contributed by atoms with Gasteiger partial charge in [0.1, 0.15) is 6.33 Å². The molecule has 94 valence electrons. The summed E-state index contributed by atoms with van der Waals surface area (Å²) in [5, 5.41) is 12.4. The van der Waals surface area contributed by atoms with Crippen molar-refractivity contribution in [2.24, 2.45) is 12.8 Å². The van der Waals surface area contributed by atoms with Gasteiger partial charge in [0.2, 0.25) is 0 Å². The van der Waals surface area contributed by atoms with Crippen LogP contribution in [-0.2, 0) is 16.6 Å². The number of nitrogens with zero attached hydrogens (tertiary/aromatic N) is 3. The number of rotatable bonds is 4. The van der Waals surface area contributed by atoms with Crippen LogP contribution < -0.4 is 16.4 Å². The van der Waals surface area contributed by atoms with Crippen molar-refractivity contribution in [3.05, 3.63) is 12.2 Å². The Labute approximate surface area is 98.6 Å². The van der Waals surface area contributed by atoms with Gasteiger partial charge in [-0.1, -0.05) is 0 Å². The van der Waals surface area contributed by atoms with Crippen LogP contribution in [0.4, 0.5) is 0 Å². The maximum absolute atomic E-state index is 11.4. The Morgan fingerprint density at radius 1 is 1.53 bits per heavy atom. The van der Waals surface area contributed by atoms with Crippen LogP contribution in [-0.4, -0.2) is 39.7 Å². The molecule has 0 aliphatic rings. The number of nitrogens with one attached hydrogen (secondary N) is 2. The minimum Gasteiger partial charge on any atom is -0.347 e. The van der Waals surface area contributed by atoms with E-state index >= 15 is 0 Å². The molecule has 0 aromatic carbocycles. The molecule has 0 spiro atoms. The lowest BCUT2D eigenvalue weighted by atomic mass is 10.3. The molecule has 0 fully saturated rings. The molecule has 0 radical (unpaired) electrons. The fraction of sp³-hybridized carbons (Fsp3) is 0.556. The van der Waals surface area contributed by atoms with Crippen LogP contribution in [0.1, 0.15) is 18.8 Å². The molecule has 0 saturated carbocycles. The summed E-state index contributed by atoms with van der Waals surface area (Å²) in [5.74, 6) is -0.844. The summed E-state index contributed by atoms with van der Waals surface area (Å²) in [6.07, 6.45) is 1.52. The first kappa shape index (κ1) is 13.1. The van der Waals surface area contributed by atoms with E-state index in [1.165, 1.54) is 6.33 Å². The summed E-state index contributed by atoms with van der Waals surface area (Å²) in [5.41, 5.74) is 5.21. The minimum absolute atomic E-state index is 0.268. The SMILES string of the molecule is CC(NC(=O)C(=O)NCCN)c1nncn1C. The largest absolute Gasteiger partial charge is 0.347 e. The molecular weight excluding hydrogens is 224 g/mol. The predicted molar refractivity (Wildman–Crippen MR) is 59.6 cm³/mol. The van der Waals surface area contributed by atoms with Crippen molar-refractivity contribution < 1.29 is 9.59 Å². The third-order valence-electron chi connectivity index (χ3n) is 2.12. The van der Waals surface area contributed by atoms with Crippen molar-refractivity contribution in [3.63, 3.8) is 0 Å². The second kappa shape index (κ2) is 5.94. The Kier molecular flexibility index (Phi) is 4.58. The molecule has 1 aromatic heterocycles. The van der Waals surface area contributed by atoms with E-state index in [2.05, 4.69) is 20.8 Å². The van der Waals surface area contributed by atoms with Crippen molar-refractivity contribution in [1.82, 2.24) is 25.4 Å². The predicted octanol–water partition coefficient (Wildman–Crippen LogP) is -1.93. The molecule has 1 atom stereocenters. The number of carbonyl (C=O) groups excluding carboxylic acids is 2. The Morgan fingerprint density at radius 3 is 2.76 bits per heavy atom. The highest BCUT2D eigenvalue weighted by Crippen LogP contribution is 2.06. The molecule has 0 aliphatic carbocycles. The van der Waals surface area contributed by atoms with E-state index in [0.717, 1.165) is 0 Å². The average Bonchev–Trinajstić information content (AvgIpc) is 2.72. The summed E-state index contributed by atoms with van der Waals surface area (Å²) >= 11 is 0. The van der Waals surface area contributed by atoms with E-state index in [9.17, 15) is 9.59 Å². The zero-order valence-corrected chi connectivity index (χ0v) is 9.80. The second-order valence-corrected chi connectivity index (χ2v) is 3.54. The Morgan fingerprint density at radius 2 is 2.24 bits per heavy atom. The Balaban J connectivity index is 2.51. The van der Waals surface area contributed by atoms with Gasteiger partial charge >= 0.3 is 11.8 Å². The first-order chi connectivity index (χ1) is 8.06. The monoisotopic (exact) mass is 240 g/mol. The lowest BCUT2D eigenvalue weighted by Gasteiger charge is -2.12. The standard InChI is InChI=1S/C9H16N6O2/c1-6(7-14-12-5-15(7)2)13-9(17)8(16)11-4-3-10/h5-6H,3-4,10H2,1-2H3,(H,11,16)(H,13,17). The second-order valence-electron chi connectivity index (χ2n) is 3.54. The molecule has 4 N–H and O–H groups in total. The lowest BCUT2D eigenvalue weighted by molar-refractivity contribution is -0.139. The van der Waals surface area contributed by atoms with Crippen molar-refractivity contribution in [2.45, 2.75) is 13.0 Å². The fourth-order valence-electron chi connectivity index (χ4n) is 1.28. The van der Waals surface area contributed by atoms with Crippen LogP contribution in [0, 0.1) is 0 Å². The highest BCUT2D eigenvalue weighted by Gasteiger charge is 2.18. The van der Waals surface area contributed by atoms with E-state index in [1.54, 1.807) is 18.5 Å². The van der Waals surface area contributed by atoms with Crippen LogP contribution in [0.5, 0.6) is 0 Å². The Hall–Kier alpha value is -1.96. The first-order valence-electron chi connectivity index (χ1n) is 5.19. The number of aryl methyl sites for hydroxylation is 1. The van der Waals surface area contributed by atoms with Gasteiger partial charge < -0.3 is 20.9 Å². The zero-order chi connectivity index (χ0) is 12.8. The third-order valence-corrected chi connectivity index (χ3v) is 2.12. The molecule has 8 heteroatoms. The molecule has 2 amide bonds. The van der Waals surface area contributed by atoms with Crippen LogP contribution in [0.3, 0.4) is 0 Å². The first-order valence-corrected chi connectivity index (χ1v) is 5.19. The molecule has 0 bridgehead atoms. The summed E-state index contributed by atoms with van der Waals surface area (Å²) in [7, 11) is 1.76. The minimum atomic E-state index is -0.714. The zero-order valence-electron chi connectivity index (χ0n) is 9.80. The summed E-state index contributed by atoms with van der Waals surface area (Å²) in [4.78, 5) is 22.7. The molecular formula is C9H16N6O2. The maximum Gasteiger partial charge on any atom is 0.309 e. The van der Waals surface area contributed by atoms with Gasteiger partial charge in [0.25, 0.3) is 0 Å². The highest BCUT2D eigenvalue weighted by molar-refractivity contribution is 6.35. The highest BCUT2D eigenvalue weighted by atomic mass is 16.2. The molecule has 1 unspecified atom stereocenters. The van der Waals surface area contributed by atoms with Crippen LogP contribution in [0.15, 0.2) is 6.33 Å². The van der Waals surface area contributed by atoms with E-state index in [0.29, 0.717) is 5.82 Å². The van der Waals surface area contributed by atoms with E-state index < -0.39 is 17.9 Å². The van der Waals surface area contributed by atoms with E-state index in [4.69, 9.17) is 5.73 Å². The van der Waals surface area contributed by atoms with Gasteiger partial charge in [0, 0.05) is 20.1 Å². The molecule has 17 heavy (non-hydrogen) atoms. The molecule has 8 nitrogen and oxygen atoms in total. The quantitative estimate of drug-likeness (QED) is 0.530. The van der Waals surface area contributed by atoms with Gasteiger partial charge in [-0.05, 0) is 6.92 Å². The van der Waals surface area contributed by atoms with E-state index in [1.807, 2.05) is 0 Å². The van der Waals surface area contributed by atoms with Crippen molar-refractivity contribution >= 4 is 11.8 Å². The smallest absolute Gasteiger partial charge is 0.309 e. The van der Waals surface area contributed by atoms with Gasteiger partial charge in [-0.15, -0.1) is 10.2 Å². The van der Waals surface area contributed by atoms with Crippen LogP contribution >= 0.6 is 0 Å². The third kappa shape index (κ3) is 3.52. The van der Waals surface area contributed by atoms with Crippen molar-refractivity contribution in [3.8, 4) is 0 Å². The molecule has 1 rings (SSSR count). The number of nitrogens with two attached hydrogens (primary N) is 1. The Bertz CT molecular complexity index is 402. The number of carbonyl (C=O) groups is 2. The average molecular weight is 240 g/mol. The van der Waals surface area contributed by atoms with Gasteiger partial charge in [-0.3, -0.25) is 9.59 Å². The normalized spacial score (nSPS) is 11.9. The fourth-order valence-corrected chi connectivity index (χ4v) is 1.28. The van der Waals surface area contributed by atoms with Gasteiger partial charge in [0.15, 0.2) is 5.82 Å². The van der Waals surface area contributed by atoms with Crippen LogP contribution in [0.25, 0.3) is 0 Å².